The number of rotatable bonds is 2. The van der Waals surface area contributed by atoms with Crippen molar-refractivity contribution in [3.05, 3.63) is 48.1 Å². The van der Waals surface area contributed by atoms with Crippen LogP contribution in [0.4, 0.5) is 13.2 Å². The standard InChI is InChI=1S/C10H9F3.C2H6/c1-3-7-5-9(10(11,12)13)6-8(7)4-2;1-2/h3-5H,1-2,6H2;1-2H3. The Morgan fingerprint density at radius 3 is 2.00 bits per heavy atom. The number of halogens is 3. The summed E-state index contributed by atoms with van der Waals surface area (Å²) in [6.07, 6.45) is -0.362. The molecule has 0 saturated heterocycles. The van der Waals surface area contributed by atoms with Crippen LogP contribution in [0.15, 0.2) is 48.1 Å². The van der Waals surface area contributed by atoms with E-state index in [-0.39, 0.29) is 6.42 Å². The Balaban J connectivity index is 0.000000921. The van der Waals surface area contributed by atoms with Crippen molar-refractivity contribution in [2.75, 3.05) is 0 Å². The SMILES string of the molecule is C=CC1=C(C=C)CC(C(F)(F)F)=C1.CC. The Hall–Kier alpha value is -1.25. The maximum atomic E-state index is 12.2. The smallest absolute Gasteiger partial charge is 0.166 e. The molecule has 1 rings (SSSR count). The van der Waals surface area contributed by atoms with E-state index in [4.69, 9.17) is 0 Å². The van der Waals surface area contributed by atoms with Crippen LogP contribution in [0.3, 0.4) is 0 Å². The zero-order valence-electron chi connectivity index (χ0n) is 8.99. The van der Waals surface area contributed by atoms with Crippen molar-refractivity contribution in [2.45, 2.75) is 26.4 Å². The molecule has 0 atom stereocenters. The second-order valence-electron chi connectivity index (χ2n) is 2.73. The third-order valence-corrected chi connectivity index (χ3v) is 1.91. The second-order valence-corrected chi connectivity index (χ2v) is 2.73. The molecule has 0 unspecified atom stereocenters. The van der Waals surface area contributed by atoms with E-state index in [1.165, 1.54) is 12.2 Å². The average molecular weight is 216 g/mol. The first-order chi connectivity index (χ1) is 6.99. The lowest BCUT2D eigenvalue weighted by molar-refractivity contribution is -0.0926. The molecule has 15 heavy (non-hydrogen) atoms. The highest BCUT2D eigenvalue weighted by molar-refractivity contribution is 5.50. The van der Waals surface area contributed by atoms with E-state index in [1.54, 1.807) is 0 Å². The monoisotopic (exact) mass is 216 g/mol. The molecule has 1 aliphatic carbocycles. The summed E-state index contributed by atoms with van der Waals surface area (Å²) in [4.78, 5) is 0. The summed E-state index contributed by atoms with van der Waals surface area (Å²) in [5, 5.41) is 0. The van der Waals surface area contributed by atoms with Crippen molar-refractivity contribution in [2.24, 2.45) is 0 Å². The molecule has 0 aromatic heterocycles. The molecule has 0 radical (unpaired) electrons. The highest BCUT2D eigenvalue weighted by Crippen LogP contribution is 2.37. The summed E-state index contributed by atoms with van der Waals surface area (Å²) >= 11 is 0. The fraction of sp³-hybridized carbons (Fsp3) is 0.333. The molecule has 0 spiro atoms. The minimum absolute atomic E-state index is 0.0889. The van der Waals surface area contributed by atoms with Crippen molar-refractivity contribution in [3.8, 4) is 0 Å². The van der Waals surface area contributed by atoms with Gasteiger partial charge in [-0.25, -0.2) is 0 Å². The maximum absolute atomic E-state index is 12.2. The van der Waals surface area contributed by atoms with Gasteiger partial charge in [0.05, 0.1) is 0 Å². The summed E-state index contributed by atoms with van der Waals surface area (Å²) < 4.78 is 36.6. The number of hydrogen-bond acceptors (Lipinski definition) is 0. The van der Waals surface area contributed by atoms with Gasteiger partial charge in [0.15, 0.2) is 0 Å². The Kier molecular flexibility index (Phi) is 5.12. The van der Waals surface area contributed by atoms with Crippen LogP contribution in [-0.2, 0) is 0 Å². The van der Waals surface area contributed by atoms with Crippen LogP contribution < -0.4 is 0 Å². The lowest BCUT2D eigenvalue weighted by atomic mass is 10.1. The van der Waals surface area contributed by atoms with E-state index < -0.39 is 11.7 Å². The number of alkyl halides is 3. The van der Waals surface area contributed by atoms with Crippen LogP contribution in [0, 0.1) is 0 Å². The zero-order chi connectivity index (χ0) is 12.1. The normalized spacial score (nSPS) is 15.4. The van der Waals surface area contributed by atoms with E-state index in [0.717, 1.165) is 6.08 Å². The molecule has 0 aliphatic heterocycles. The predicted octanol–water partition coefficient (Wildman–Crippen LogP) is 4.57. The molecule has 0 N–H and O–H groups in total. The van der Waals surface area contributed by atoms with E-state index in [2.05, 4.69) is 13.2 Å². The Labute approximate surface area is 88.5 Å². The number of allylic oxidation sites excluding steroid dienone is 6. The molecule has 0 bridgehead atoms. The molecule has 0 nitrogen and oxygen atoms in total. The number of hydrogen-bond donors (Lipinski definition) is 0. The quantitative estimate of drug-likeness (QED) is 0.634. The van der Waals surface area contributed by atoms with Crippen LogP contribution in [0.25, 0.3) is 0 Å². The van der Waals surface area contributed by atoms with E-state index >= 15 is 0 Å². The van der Waals surface area contributed by atoms with Gasteiger partial charge in [0.2, 0.25) is 0 Å². The summed E-state index contributed by atoms with van der Waals surface area (Å²) in [6.45, 7) is 10.9. The summed E-state index contributed by atoms with van der Waals surface area (Å²) in [5.41, 5.74) is 0.571. The lowest BCUT2D eigenvalue weighted by Gasteiger charge is -2.06. The van der Waals surface area contributed by atoms with Crippen molar-refractivity contribution >= 4 is 0 Å². The molecular formula is C12H15F3. The zero-order valence-corrected chi connectivity index (χ0v) is 8.99. The van der Waals surface area contributed by atoms with E-state index in [0.29, 0.717) is 11.1 Å². The Morgan fingerprint density at radius 1 is 1.20 bits per heavy atom. The van der Waals surface area contributed by atoms with E-state index in [9.17, 15) is 13.2 Å². The molecule has 0 amide bonds. The van der Waals surface area contributed by atoms with Gasteiger partial charge in [-0.3, -0.25) is 0 Å². The minimum atomic E-state index is -4.24. The summed E-state index contributed by atoms with van der Waals surface area (Å²) in [5.74, 6) is 0. The Bertz CT molecular complexity index is 303. The van der Waals surface area contributed by atoms with Gasteiger partial charge in [-0.15, -0.1) is 0 Å². The molecule has 0 fully saturated rings. The predicted molar refractivity (Wildman–Crippen MR) is 57.5 cm³/mol. The summed E-state index contributed by atoms with van der Waals surface area (Å²) in [6, 6.07) is 0. The first-order valence-electron chi connectivity index (χ1n) is 4.75. The highest BCUT2D eigenvalue weighted by atomic mass is 19.4. The van der Waals surface area contributed by atoms with Crippen LogP contribution in [0.1, 0.15) is 20.3 Å². The van der Waals surface area contributed by atoms with Crippen molar-refractivity contribution < 1.29 is 13.2 Å². The molecule has 0 aromatic rings. The van der Waals surface area contributed by atoms with E-state index in [1.807, 2.05) is 13.8 Å². The van der Waals surface area contributed by atoms with Gasteiger partial charge >= 0.3 is 6.18 Å². The van der Waals surface area contributed by atoms with Crippen LogP contribution in [0.2, 0.25) is 0 Å². The highest BCUT2D eigenvalue weighted by Gasteiger charge is 2.35. The van der Waals surface area contributed by atoms with Crippen molar-refractivity contribution in [1.82, 2.24) is 0 Å². The molecule has 0 heterocycles. The second kappa shape index (κ2) is 5.59. The van der Waals surface area contributed by atoms with Crippen LogP contribution >= 0.6 is 0 Å². The minimum Gasteiger partial charge on any atom is -0.166 e. The first kappa shape index (κ1) is 13.8. The maximum Gasteiger partial charge on any atom is 0.413 e. The molecule has 84 valence electrons. The topological polar surface area (TPSA) is 0 Å². The largest absolute Gasteiger partial charge is 0.413 e. The third kappa shape index (κ3) is 3.42. The molecular weight excluding hydrogens is 201 g/mol. The first-order valence-corrected chi connectivity index (χ1v) is 4.75. The third-order valence-electron chi connectivity index (χ3n) is 1.91. The van der Waals surface area contributed by atoms with Gasteiger partial charge in [0.1, 0.15) is 0 Å². The average Bonchev–Trinajstić information content (AvgIpc) is 2.63. The summed E-state index contributed by atoms with van der Waals surface area (Å²) in [7, 11) is 0. The molecule has 0 saturated carbocycles. The molecule has 1 aliphatic rings. The van der Waals surface area contributed by atoms with Crippen molar-refractivity contribution in [1.29, 1.82) is 0 Å². The molecule has 3 heteroatoms. The van der Waals surface area contributed by atoms with Gasteiger partial charge in [0.25, 0.3) is 0 Å². The van der Waals surface area contributed by atoms with Gasteiger partial charge in [-0.1, -0.05) is 39.2 Å². The van der Waals surface area contributed by atoms with Gasteiger partial charge < -0.3 is 0 Å². The van der Waals surface area contributed by atoms with Crippen LogP contribution in [0.5, 0.6) is 0 Å². The van der Waals surface area contributed by atoms with Gasteiger partial charge in [0, 0.05) is 12.0 Å². The fourth-order valence-electron chi connectivity index (χ4n) is 1.20. The van der Waals surface area contributed by atoms with Crippen molar-refractivity contribution in [3.63, 3.8) is 0 Å². The van der Waals surface area contributed by atoms with Gasteiger partial charge in [-0.2, -0.15) is 13.2 Å². The Morgan fingerprint density at radius 2 is 1.73 bits per heavy atom. The fourth-order valence-corrected chi connectivity index (χ4v) is 1.20. The molecule has 0 aromatic carbocycles. The lowest BCUT2D eigenvalue weighted by Crippen LogP contribution is -2.10. The van der Waals surface area contributed by atoms with Gasteiger partial charge in [-0.05, 0) is 17.2 Å². The van der Waals surface area contributed by atoms with Crippen LogP contribution in [-0.4, -0.2) is 6.18 Å².